The summed E-state index contributed by atoms with van der Waals surface area (Å²) in [6.45, 7) is 1.71. The fourth-order valence-corrected chi connectivity index (χ4v) is 3.00. The number of amides is 1. The van der Waals surface area contributed by atoms with Gasteiger partial charge in [0.05, 0.1) is 4.47 Å². The second-order valence-corrected chi connectivity index (χ2v) is 6.39. The maximum absolute atomic E-state index is 13.0. The van der Waals surface area contributed by atoms with E-state index in [1.807, 2.05) is 0 Å². The van der Waals surface area contributed by atoms with Crippen molar-refractivity contribution in [1.82, 2.24) is 5.32 Å². The summed E-state index contributed by atoms with van der Waals surface area (Å²) in [5, 5.41) is 3.06. The van der Waals surface area contributed by atoms with Crippen molar-refractivity contribution in [2.75, 3.05) is 0 Å². The van der Waals surface area contributed by atoms with Gasteiger partial charge in [-0.15, -0.1) is 0 Å². The molecule has 0 aliphatic heterocycles. The molecule has 21 heavy (non-hydrogen) atoms. The van der Waals surface area contributed by atoms with Crippen molar-refractivity contribution < 1.29 is 13.9 Å². The van der Waals surface area contributed by atoms with Crippen molar-refractivity contribution in [2.24, 2.45) is 0 Å². The first kappa shape index (κ1) is 16.3. The van der Waals surface area contributed by atoms with E-state index in [0.717, 1.165) is 12.8 Å². The Morgan fingerprint density at radius 1 is 1.33 bits per heavy atom. The van der Waals surface area contributed by atoms with E-state index in [-0.39, 0.29) is 17.8 Å². The summed E-state index contributed by atoms with van der Waals surface area (Å²) in [6, 6.07) is 4.42. The summed E-state index contributed by atoms with van der Waals surface area (Å²) in [7, 11) is 0. The number of carbonyl (C=O) groups excluding carboxylic acids is 1. The summed E-state index contributed by atoms with van der Waals surface area (Å²) in [6.07, 6.45) is 6.32. The topological polar surface area (TPSA) is 38.3 Å². The van der Waals surface area contributed by atoms with Gasteiger partial charge in [-0.1, -0.05) is 25.7 Å². The summed E-state index contributed by atoms with van der Waals surface area (Å²) >= 11 is 3.24. The highest BCUT2D eigenvalue weighted by atomic mass is 79.9. The minimum absolute atomic E-state index is 0.113. The van der Waals surface area contributed by atoms with Crippen LogP contribution in [-0.4, -0.2) is 18.1 Å². The molecule has 3 nitrogen and oxygen atoms in total. The lowest BCUT2D eigenvalue weighted by atomic mass is 10.1. The van der Waals surface area contributed by atoms with E-state index < -0.39 is 6.10 Å². The lowest BCUT2D eigenvalue weighted by Crippen LogP contribution is -2.42. The van der Waals surface area contributed by atoms with Crippen LogP contribution in [0, 0.1) is 5.82 Å². The molecule has 2 rings (SSSR count). The van der Waals surface area contributed by atoms with Gasteiger partial charge in [-0.3, -0.25) is 4.79 Å². The van der Waals surface area contributed by atoms with Crippen LogP contribution < -0.4 is 10.1 Å². The fourth-order valence-electron chi connectivity index (χ4n) is 2.56. The Morgan fingerprint density at radius 3 is 2.62 bits per heavy atom. The van der Waals surface area contributed by atoms with Crippen LogP contribution in [0.5, 0.6) is 5.75 Å². The number of nitrogens with one attached hydrogen (secondary N) is 1. The van der Waals surface area contributed by atoms with Crippen molar-refractivity contribution in [1.29, 1.82) is 0 Å². The van der Waals surface area contributed by atoms with Crippen molar-refractivity contribution in [3.05, 3.63) is 28.5 Å². The molecule has 1 amide bonds. The number of rotatable bonds is 4. The molecule has 1 aromatic rings. The Morgan fingerprint density at radius 2 is 2.00 bits per heavy atom. The van der Waals surface area contributed by atoms with Crippen LogP contribution in [0.3, 0.4) is 0 Å². The van der Waals surface area contributed by atoms with Gasteiger partial charge in [0, 0.05) is 6.04 Å². The van der Waals surface area contributed by atoms with Gasteiger partial charge < -0.3 is 10.1 Å². The number of hydrogen-bond donors (Lipinski definition) is 1. The summed E-state index contributed by atoms with van der Waals surface area (Å²) in [5.74, 6) is 0.0165. The van der Waals surface area contributed by atoms with Crippen LogP contribution in [0.25, 0.3) is 0 Å². The standard InChI is InChI=1S/C16H21BrFNO2/c1-11(21-15-9-8-12(18)10-14(15)17)16(20)19-13-6-4-2-3-5-7-13/h8-11,13H,2-7H2,1H3,(H,19,20). The number of ether oxygens (including phenoxy) is 1. The normalized spacial score (nSPS) is 17.9. The quantitative estimate of drug-likeness (QED) is 0.820. The van der Waals surface area contributed by atoms with Gasteiger partial charge in [-0.25, -0.2) is 4.39 Å². The van der Waals surface area contributed by atoms with Crippen molar-refractivity contribution >= 4 is 21.8 Å². The average Bonchev–Trinajstić information content (AvgIpc) is 2.70. The molecule has 0 spiro atoms. The first-order chi connectivity index (χ1) is 10.1. The monoisotopic (exact) mass is 357 g/mol. The number of carbonyl (C=O) groups is 1. The van der Waals surface area contributed by atoms with Crippen LogP contribution in [0.15, 0.2) is 22.7 Å². The predicted octanol–water partition coefficient (Wildman–Crippen LogP) is 4.19. The second-order valence-electron chi connectivity index (χ2n) is 5.53. The number of benzene rings is 1. The summed E-state index contributed by atoms with van der Waals surface area (Å²) < 4.78 is 19.1. The Kier molecular flexibility index (Phi) is 6.03. The van der Waals surface area contributed by atoms with E-state index in [1.165, 1.54) is 43.9 Å². The van der Waals surface area contributed by atoms with Gasteiger partial charge in [0.15, 0.2) is 6.10 Å². The Bertz CT molecular complexity index is 487. The van der Waals surface area contributed by atoms with Gasteiger partial charge in [0.2, 0.25) is 0 Å². The van der Waals surface area contributed by atoms with Crippen LogP contribution >= 0.6 is 15.9 Å². The molecule has 1 fully saturated rings. The van der Waals surface area contributed by atoms with Crippen molar-refractivity contribution in [3.8, 4) is 5.75 Å². The fraction of sp³-hybridized carbons (Fsp3) is 0.562. The van der Waals surface area contributed by atoms with Gasteiger partial charge in [-0.2, -0.15) is 0 Å². The first-order valence-electron chi connectivity index (χ1n) is 7.48. The minimum Gasteiger partial charge on any atom is -0.480 e. The largest absolute Gasteiger partial charge is 0.480 e. The second kappa shape index (κ2) is 7.78. The van der Waals surface area contributed by atoms with Crippen LogP contribution in [0.4, 0.5) is 4.39 Å². The molecule has 0 saturated heterocycles. The Labute approximate surface area is 133 Å². The van der Waals surface area contributed by atoms with Crippen LogP contribution in [0.2, 0.25) is 0 Å². The van der Waals surface area contributed by atoms with Gasteiger partial charge in [0.25, 0.3) is 5.91 Å². The third-order valence-corrected chi connectivity index (χ3v) is 4.39. The lowest BCUT2D eigenvalue weighted by Gasteiger charge is -2.20. The molecule has 1 saturated carbocycles. The third-order valence-electron chi connectivity index (χ3n) is 3.77. The predicted molar refractivity (Wildman–Crippen MR) is 83.8 cm³/mol. The number of halogens is 2. The van der Waals surface area contributed by atoms with Crippen LogP contribution in [-0.2, 0) is 4.79 Å². The summed E-state index contributed by atoms with van der Waals surface area (Å²) in [5.41, 5.74) is 0. The van der Waals surface area contributed by atoms with E-state index in [2.05, 4.69) is 21.2 Å². The van der Waals surface area contributed by atoms with E-state index in [0.29, 0.717) is 10.2 Å². The SMILES string of the molecule is CC(Oc1ccc(F)cc1Br)C(=O)NC1CCCCCC1. The van der Waals surface area contributed by atoms with Gasteiger partial charge >= 0.3 is 0 Å². The van der Waals surface area contributed by atoms with E-state index >= 15 is 0 Å². The lowest BCUT2D eigenvalue weighted by molar-refractivity contribution is -0.128. The van der Waals surface area contributed by atoms with Crippen molar-refractivity contribution in [2.45, 2.75) is 57.6 Å². The molecule has 0 bridgehead atoms. The molecular weight excluding hydrogens is 337 g/mol. The highest BCUT2D eigenvalue weighted by molar-refractivity contribution is 9.10. The molecule has 1 atom stereocenters. The van der Waals surface area contributed by atoms with Gasteiger partial charge in [-0.05, 0) is 53.9 Å². The Hall–Kier alpha value is -1.10. The maximum atomic E-state index is 13.0. The molecule has 116 valence electrons. The molecule has 1 aromatic carbocycles. The molecule has 1 aliphatic carbocycles. The minimum atomic E-state index is -0.602. The molecule has 0 radical (unpaired) electrons. The summed E-state index contributed by atoms with van der Waals surface area (Å²) in [4.78, 5) is 12.2. The Balaban J connectivity index is 1.89. The smallest absolute Gasteiger partial charge is 0.260 e. The highest BCUT2D eigenvalue weighted by Gasteiger charge is 2.20. The molecule has 5 heteroatoms. The molecule has 1 N–H and O–H groups in total. The van der Waals surface area contributed by atoms with Crippen molar-refractivity contribution in [3.63, 3.8) is 0 Å². The molecule has 1 unspecified atom stereocenters. The average molecular weight is 358 g/mol. The van der Waals surface area contributed by atoms with E-state index in [1.54, 1.807) is 6.92 Å². The number of hydrogen-bond acceptors (Lipinski definition) is 2. The molecule has 0 aromatic heterocycles. The van der Waals surface area contributed by atoms with E-state index in [9.17, 15) is 9.18 Å². The first-order valence-corrected chi connectivity index (χ1v) is 8.27. The van der Waals surface area contributed by atoms with E-state index in [4.69, 9.17) is 4.74 Å². The zero-order valence-corrected chi connectivity index (χ0v) is 13.8. The molecular formula is C16H21BrFNO2. The maximum Gasteiger partial charge on any atom is 0.260 e. The zero-order chi connectivity index (χ0) is 15.2. The zero-order valence-electron chi connectivity index (χ0n) is 12.2. The van der Waals surface area contributed by atoms with Crippen LogP contribution in [0.1, 0.15) is 45.4 Å². The highest BCUT2D eigenvalue weighted by Crippen LogP contribution is 2.26. The third kappa shape index (κ3) is 4.99. The molecule has 1 aliphatic rings. The van der Waals surface area contributed by atoms with Gasteiger partial charge in [0.1, 0.15) is 11.6 Å². The molecule has 0 heterocycles.